The summed E-state index contributed by atoms with van der Waals surface area (Å²) in [6, 6.07) is 13.9. The van der Waals surface area contributed by atoms with Gasteiger partial charge in [-0.15, -0.1) is 11.8 Å². The molecule has 1 amide bonds. The largest absolute Gasteiger partial charge is 0.325 e. The van der Waals surface area contributed by atoms with E-state index in [0.29, 0.717) is 35.3 Å². The van der Waals surface area contributed by atoms with E-state index in [-0.39, 0.29) is 10.8 Å². The molecule has 0 unspecified atom stereocenters. The number of amides is 1. The molecule has 27 heavy (non-hydrogen) atoms. The number of hydrogen-bond acceptors (Lipinski definition) is 4. The molecule has 0 radical (unpaired) electrons. The van der Waals surface area contributed by atoms with Gasteiger partial charge in [0.25, 0.3) is 0 Å². The molecule has 0 spiro atoms. The first-order chi connectivity index (χ1) is 12.9. The first kappa shape index (κ1) is 20.2. The molecule has 0 saturated carbocycles. The summed E-state index contributed by atoms with van der Waals surface area (Å²) in [7, 11) is -3.43. The van der Waals surface area contributed by atoms with Crippen molar-refractivity contribution in [2.75, 3.05) is 24.2 Å². The SMILES string of the molecule is O=C(CSCc1cccc(Cl)c1)Nc1ccc(S(=O)(=O)N2CCCC2)cc1. The van der Waals surface area contributed by atoms with E-state index >= 15 is 0 Å². The number of halogens is 1. The second-order valence-electron chi connectivity index (χ2n) is 6.31. The van der Waals surface area contributed by atoms with E-state index in [1.807, 2.05) is 24.3 Å². The Hall–Kier alpha value is -1.54. The average molecular weight is 425 g/mol. The number of anilines is 1. The van der Waals surface area contributed by atoms with Crippen molar-refractivity contribution in [2.45, 2.75) is 23.5 Å². The Morgan fingerprint density at radius 1 is 1.11 bits per heavy atom. The fraction of sp³-hybridized carbons (Fsp3) is 0.316. The molecule has 3 rings (SSSR count). The van der Waals surface area contributed by atoms with Gasteiger partial charge in [0.2, 0.25) is 15.9 Å². The van der Waals surface area contributed by atoms with Crippen molar-refractivity contribution >= 4 is 45.0 Å². The molecule has 1 N–H and O–H groups in total. The molecule has 144 valence electrons. The number of hydrogen-bond donors (Lipinski definition) is 1. The summed E-state index contributed by atoms with van der Waals surface area (Å²) in [5, 5.41) is 3.48. The molecule has 8 heteroatoms. The van der Waals surface area contributed by atoms with Crippen molar-refractivity contribution in [1.82, 2.24) is 4.31 Å². The Labute approximate surface area is 169 Å². The van der Waals surface area contributed by atoms with E-state index < -0.39 is 10.0 Å². The minimum atomic E-state index is -3.43. The number of benzene rings is 2. The zero-order valence-corrected chi connectivity index (χ0v) is 17.1. The van der Waals surface area contributed by atoms with Crippen molar-refractivity contribution in [3.63, 3.8) is 0 Å². The van der Waals surface area contributed by atoms with Crippen LogP contribution in [0.15, 0.2) is 53.4 Å². The highest BCUT2D eigenvalue weighted by Gasteiger charge is 2.26. The number of carbonyl (C=O) groups excluding carboxylic acids is 1. The van der Waals surface area contributed by atoms with Crippen molar-refractivity contribution in [3.05, 3.63) is 59.1 Å². The van der Waals surface area contributed by atoms with Crippen LogP contribution in [-0.4, -0.2) is 37.5 Å². The van der Waals surface area contributed by atoms with E-state index in [1.165, 1.54) is 16.1 Å². The smallest absolute Gasteiger partial charge is 0.243 e. The van der Waals surface area contributed by atoms with Crippen LogP contribution in [0.2, 0.25) is 5.02 Å². The zero-order chi connectivity index (χ0) is 19.3. The molecule has 1 aliphatic heterocycles. The fourth-order valence-corrected chi connectivity index (χ4v) is 5.38. The van der Waals surface area contributed by atoms with Gasteiger partial charge in [0, 0.05) is 29.6 Å². The minimum absolute atomic E-state index is 0.128. The average Bonchev–Trinajstić information content (AvgIpc) is 3.18. The molecule has 0 atom stereocenters. The second-order valence-corrected chi connectivity index (χ2v) is 9.67. The van der Waals surface area contributed by atoms with Crippen LogP contribution >= 0.6 is 23.4 Å². The predicted molar refractivity (Wildman–Crippen MR) is 111 cm³/mol. The Kier molecular flexibility index (Phi) is 6.81. The maximum absolute atomic E-state index is 12.5. The molecule has 1 aliphatic rings. The van der Waals surface area contributed by atoms with Crippen molar-refractivity contribution < 1.29 is 13.2 Å². The van der Waals surface area contributed by atoms with Gasteiger partial charge in [0.15, 0.2) is 0 Å². The molecule has 0 bridgehead atoms. The number of nitrogens with one attached hydrogen (secondary N) is 1. The fourth-order valence-electron chi connectivity index (χ4n) is 2.87. The van der Waals surface area contributed by atoms with Crippen LogP contribution < -0.4 is 5.32 Å². The lowest BCUT2D eigenvalue weighted by Crippen LogP contribution is -2.27. The topological polar surface area (TPSA) is 66.5 Å². The number of nitrogens with zero attached hydrogens (tertiary/aromatic N) is 1. The van der Waals surface area contributed by atoms with Gasteiger partial charge in [0.1, 0.15) is 0 Å². The highest BCUT2D eigenvalue weighted by Crippen LogP contribution is 2.22. The molecule has 5 nitrogen and oxygen atoms in total. The third kappa shape index (κ3) is 5.48. The van der Waals surface area contributed by atoms with Gasteiger partial charge < -0.3 is 5.32 Å². The van der Waals surface area contributed by atoms with Crippen molar-refractivity contribution in [3.8, 4) is 0 Å². The summed E-state index contributed by atoms with van der Waals surface area (Å²) in [5.41, 5.74) is 1.65. The summed E-state index contributed by atoms with van der Waals surface area (Å²) < 4.78 is 26.5. The highest BCUT2D eigenvalue weighted by atomic mass is 35.5. The van der Waals surface area contributed by atoms with Crippen LogP contribution in [0.3, 0.4) is 0 Å². The van der Waals surface area contributed by atoms with E-state index in [0.717, 1.165) is 18.4 Å². The van der Waals surface area contributed by atoms with E-state index in [9.17, 15) is 13.2 Å². The Bertz CT molecular complexity index is 895. The third-order valence-electron chi connectivity index (χ3n) is 4.23. The highest BCUT2D eigenvalue weighted by molar-refractivity contribution is 7.99. The van der Waals surface area contributed by atoms with Gasteiger partial charge >= 0.3 is 0 Å². The number of sulfonamides is 1. The molecule has 1 heterocycles. The van der Waals surface area contributed by atoms with E-state index in [1.54, 1.807) is 24.3 Å². The lowest BCUT2D eigenvalue weighted by molar-refractivity contribution is -0.113. The summed E-state index contributed by atoms with van der Waals surface area (Å²) in [6.07, 6.45) is 1.81. The monoisotopic (exact) mass is 424 g/mol. The molecular formula is C19H21ClN2O3S2. The van der Waals surface area contributed by atoms with Crippen LogP contribution in [0.5, 0.6) is 0 Å². The first-order valence-corrected chi connectivity index (χ1v) is 11.6. The van der Waals surface area contributed by atoms with Gasteiger partial charge in [-0.05, 0) is 54.8 Å². The summed E-state index contributed by atoms with van der Waals surface area (Å²) in [6.45, 7) is 1.15. The van der Waals surface area contributed by atoms with Crippen molar-refractivity contribution in [2.24, 2.45) is 0 Å². The molecule has 0 aliphatic carbocycles. The number of rotatable bonds is 7. The number of thioether (sulfide) groups is 1. The van der Waals surface area contributed by atoms with Gasteiger partial charge in [0.05, 0.1) is 10.6 Å². The van der Waals surface area contributed by atoms with Crippen LogP contribution in [0.4, 0.5) is 5.69 Å². The van der Waals surface area contributed by atoms with Crippen LogP contribution in [-0.2, 0) is 20.6 Å². The molecule has 1 fully saturated rings. The Balaban J connectivity index is 1.51. The summed E-state index contributed by atoms with van der Waals surface area (Å²) in [4.78, 5) is 12.3. The van der Waals surface area contributed by atoms with Gasteiger partial charge in [-0.1, -0.05) is 23.7 Å². The lowest BCUT2D eigenvalue weighted by atomic mass is 10.2. The molecule has 2 aromatic rings. The van der Waals surface area contributed by atoms with Gasteiger partial charge in [-0.2, -0.15) is 4.31 Å². The number of carbonyl (C=O) groups is 1. The quantitative estimate of drug-likeness (QED) is 0.729. The maximum Gasteiger partial charge on any atom is 0.243 e. The minimum Gasteiger partial charge on any atom is -0.325 e. The van der Waals surface area contributed by atoms with Crippen LogP contribution in [0.25, 0.3) is 0 Å². The molecular weight excluding hydrogens is 404 g/mol. The first-order valence-electron chi connectivity index (χ1n) is 8.67. The van der Waals surface area contributed by atoms with Gasteiger partial charge in [-0.25, -0.2) is 8.42 Å². The van der Waals surface area contributed by atoms with Gasteiger partial charge in [-0.3, -0.25) is 4.79 Å². The summed E-state index contributed by atoms with van der Waals surface area (Å²) in [5.74, 6) is 0.874. The molecule has 2 aromatic carbocycles. The third-order valence-corrected chi connectivity index (χ3v) is 7.38. The van der Waals surface area contributed by atoms with E-state index in [4.69, 9.17) is 11.6 Å². The Morgan fingerprint density at radius 3 is 2.48 bits per heavy atom. The second kappa shape index (κ2) is 9.10. The maximum atomic E-state index is 12.5. The zero-order valence-electron chi connectivity index (χ0n) is 14.7. The standard InChI is InChI=1S/C19H21ClN2O3S2/c20-16-5-3-4-15(12-16)13-26-14-19(23)21-17-6-8-18(9-7-17)27(24,25)22-10-1-2-11-22/h3-9,12H,1-2,10-11,13-14H2,(H,21,23). The lowest BCUT2D eigenvalue weighted by Gasteiger charge is -2.15. The van der Waals surface area contributed by atoms with Crippen LogP contribution in [0.1, 0.15) is 18.4 Å². The predicted octanol–water partition coefficient (Wildman–Crippen LogP) is 4.00. The van der Waals surface area contributed by atoms with Crippen LogP contribution in [0, 0.1) is 0 Å². The Morgan fingerprint density at radius 2 is 1.81 bits per heavy atom. The normalized spacial score (nSPS) is 15.0. The van der Waals surface area contributed by atoms with Crippen molar-refractivity contribution in [1.29, 1.82) is 0 Å². The molecule has 1 saturated heterocycles. The summed E-state index contributed by atoms with van der Waals surface area (Å²) >= 11 is 7.44. The van der Waals surface area contributed by atoms with E-state index in [2.05, 4.69) is 5.32 Å². The molecule has 0 aromatic heterocycles.